The van der Waals surface area contributed by atoms with Crippen molar-refractivity contribution in [2.45, 2.75) is 45.6 Å². The van der Waals surface area contributed by atoms with Crippen LogP contribution in [0.15, 0.2) is 36.5 Å². The average Bonchev–Trinajstić information content (AvgIpc) is 3.77. The molecule has 8 heteroatoms. The average molecular weight is 636 g/mol. The van der Waals surface area contributed by atoms with Crippen LogP contribution < -0.4 is 10.1 Å². The van der Waals surface area contributed by atoms with Crippen LogP contribution in [0.5, 0.6) is 11.5 Å². The molecule has 1 aromatic heterocycles. The van der Waals surface area contributed by atoms with Gasteiger partial charge in [-0.05, 0) is 0 Å². The van der Waals surface area contributed by atoms with Crippen LogP contribution in [0.4, 0.5) is 5.69 Å². The van der Waals surface area contributed by atoms with E-state index in [0.717, 1.165) is 66.5 Å². The second kappa shape index (κ2) is 11.3. The van der Waals surface area contributed by atoms with Crippen LogP contribution in [-0.2, 0) is 0 Å². The van der Waals surface area contributed by atoms with Crippen molar-refractivity contribution in [2.24, 2.45) is 5.92 Å². The number of alkyl halides is 2. The first-order chi connectivity index (χ1) is 17.9. The van der Waals surface area contributed by atoms with E-state index in [9.17, 15) is 9.90 Å². The van der Waals surface area contributed by atoms with Gasteiger partial charge in [-0.15, -0.1) is 0 Å². The van der Waals surface area contributed by atoms with E-state index in [1.165, 1.54) is 16.0 Å². The third kappa shape index (κ3) is 5.54. The van der Waals surface area contributed by atoms with E-state index in [-0.39, 0.29) is 22.5 Å². The first-order valence-corrected chi connectivity index (χ1v) is 17.5. The van der Waals surface area contributed by atoms with Gasteiger partial charge in [-0.2, -0.15) is 0 Å². The number of carbonyl (C=O) groups excluding carboxylic acids is 1. The number of halogens is 2. The molecule has 1 saturated carbocycles. The number of aromatic hydroxyl groups is 1. The fourth-order valence-electron chi connectivity index (χ4n) is 5.08. The fraction of sp³-hybridized carbons (Fsp3) is 0.448. The van der Waals surface area contributed by atoms with E-state index in [1.54, 1.807) is 18.3 Å². The Morgan fingerprint density at radius 1 is 1.14 bits per heavy atom. The molecule has 198 valence electrons. The van der Waals surface area contributed by atoms with Crippen molar-refractivity contribution in [3.63, 3.8) is 0 Å². The van der Waals surface area contributed by atoms with Crippen LogP contribution in [0.3, 0.4) is 0 Å². The van der Waals surface area contributed by atoms with E-state index in [2.05, 4.69) is 33.3 Å². The molecule has 0 bridgehead atoms. The summed E-state index contributed by atoms with van der Waals surface area (Å²) in [7, 11) is 1.51. The summed E-state index contributed by atoms with van der Waals surface area (Å²) in [6, 6.07) is 9.92. The third-order valence-corrected chi connectivity index (χ3v) is 14.7. The number of nitrogens with one attached hydrogen (secondary N) is 1. The Morgan fingerprint density at radius 3 is 2.51 bits per heavy atom. The summed E-state index contributed by atoms with van der Waals surface area (Å²) in [5, 5.41) is 15.2. The summed E-state index contributed by atoms with van der Waals surface area (Å²) in [6.45, 7) is 6.87. The molecule has 2 heterocycles. The van der Waals surface area contributed by atoms with E-state index in [0.29, 0.717) is 17.4 Å². The van der Waals surface area contributed by atoms with Gasteiger partial charge in [0.2, 0.25) is 0 Å². The number of benzene rings is 2. The number of Topliss-reactive ketones (excluding diaryl/α,β-unsaturated/α-hetero) is 1. The Kier molecular flexibility index (Phi) is 8.12. The zero-order valence-electron chi connectivity index (χ0n) is 21.7. The van der Waals surface area contributed by atoms with Crippen molar-refractivity contribution in [1.82, 2.24) is 8.10 Å². The molecule has 2 aromatic carbocycles. The van der Waals surface area contributed by atoms with Gasteiger partial charge in [0, 0.05) is 0 Å². The number of phenolic OH excluding ortho intramolecular Hbond substituents is 1. The SMILES string of the molecule is CCN(CC)I1CCC(Nc2c(C(=O)C3CC3)cnc3ccc(-c4cc(Cl)c(O)c(OC)c4)cc23)CC1. The molecule has 3 aromatic rings. The number of hydrogen-bond donors (Lipinski definition) is 2. The molecule has 0 atom stereocenters. The predicted octanol–water partition coefficient (Wildman–Crippen LogP) is 7.20. The molecule has 1 saturated heterocycles. The van der Waals surface area contributed by atoms with Crippen LogP contribution in [0.1, 0.15) is 49.9 Å². The van der Waals surface area contributed by atoms with Crippen molar-refractivity contribution >= 4 is 54.1 Å². The zero-order valence-corrected chi connectivity index (χ0v) is 24.6. The van der Waals surface area contributed by atoms with Crippen LogP contribution in [-0.4, -0.2) is 54.1 Å². The molecule has 37 heavy (non-hydrogen) atoms. The molecule has 1 aliphatic carbocycles. The second-order valence-electron chi connectivity index (χ2n) is 9.75. The van der Waals surface area contributed by atoms with Gasteiger partial charge in [-0.25, -0.2) is 0 Å². The number of rotatable bonds is 9. The molecule has 0 amide bonds. The number of pyridine rings is 1. The van der Waals surface area contributed by atoms with Crippen molar-refractivity contribution in [2.75, 3.05) is 34.4 Å². The van der Waals surface area contributed by atoms with Crippen LogP contribution >= 0.6 is 31.7 Å². The zero-order chi connectivity index (χ0) is 26.1. The number of ether oxygens (including phenoxy) is 1. The fourth-order valence-corrected chi connectivity index (χ4v) is 12.1. The molecule has 5 rings (SSSR count). The normalized spacial score (nSPS) is 17.4. The number of aromatic nitrogens is 1. The maximum atomic E-state index is 13.3. The molecule has 1 aliphatic heterocycles. The molecular weight excluding hydrogens is 601 g/mol. The Labute approximate surface area is 231 Å². The summed E-state index contributed by atoms with van der Waals surface area (Å²) in [5.74, 6) is 0.574. The maximum absolute atomic E-state index is 13.3. The number of hydrogen-bond acceptors (Lipinski definition) is 6. The molecule has 2 aliphatic rings. The van der Waals surface area contributed by atoms with Gasteiger partial charge >= 0.3 is 220 Å². The number of fused-ring (bicyclic) bond motifs is 1. The Bertz CT molecular complexity index is 1300. The standard InChI is InChI=1S/C29H35ClIN3O3/c1-4-34(5-2)31-12-10-21(11-13-31)33-27-22-14-19(20-15-24(30)29(36)26(16-20)37-3)8-9-25(22)32-17-23(27)28(35)18-6-7-18/h8-9,14-18,21,36H,4-7,10-13H2,1-3H3,(H,32,33). The van der Waals surface area contributed by atoms with Crippen LogP contribution in [0.2, 0.25) is 5.02 Å². The topological polar surface area (TPSA) is 74.7 Å². The summed E-state index contributed by atoms with van der Waals surface area (Å²) >= 11 is 5.22. The van der Waals surface area contributed by atoms with Crippen molar-refractivity contribution in [3.05, 3.63) is 47.1 Å². The van der Waals surface area contributed by atoms with Gasteiger partial charge in [-0.3, -0.25) is 0 Å². The molecule has 6 nitrogen and oxygen atoms in total. The van der Waals surface area contributed by atoms with Gasteiger partial charge in [0.25, 0.3) is 0 Å². The van der Waals surface area contributed by atoms with E-state index >= 15 is 0 Å². The number of nitrogens with zero attached hydrogens (tertiary/aromatic N) is 2. The Morgan fingerprint density at radius 2 is 1.86 bits per heavy atom. The number of carbonyl (C=O) groups is 1. The van der Waals surface area contributed by atoms with E-state index in [1.807, 2.05) is 12.1 Å². The first kappa shape index (κ1) is 26.5. The van der Waals surface area contributed by atoms with Crippen molar-refractivity contribution in [1.29, 1.82) is 0 Å². The number of ketones is 1. The van der Waals surface area contributed by atoms with Crippen LogP contribution in [0, 0.1) is 5.92 Å². The number of methoxy groups -OCH3 is 1. The third-order valence-electron chi connectivity index (χ3n) is 7.39. The van der Waals surface area contributed by atoms with Gasteiger partial charge in [0.05, 0.1) is 7.11 Å². The van der Waals surface area contributed by atoms with Crippen molar-refractivity contribution < 1.29 is 14.6 Å². The molecule has 0 unspecified atom stereocenters. The second-order valence-corrected chi connectivity index (χ2v) is 16.1. The molecule has 2 N–H and O–H groups in total. The molecule has 0 spiro atoms. The minimum absolute atomic E-state index is 0.0700. The quantitative estimate of drug-likeness (QED) is 0.112. The molecule has 2 fully saturated rings. The predicted molar refractivity (Wildman–Crippen MR) is 161 cm³/mol. The summed E-state index contributed by atoms with van der Waals surface area (Å²) in [5.41, 5.74) is 4.22. The summed E-state index contributed by atoms with van der Waals surface area (Å²) < 4.78 is 10.7. The van der Waals surface area contributed by atoms with Gasteiger partial charge in [-0.1, -0.05) is 0 Å². The Hall–Kier alpha value is -2.10. The van der Waals surface area contributed by atoms with Crippen molar-refractivity contribution in [3.8, 4) is 22.6 Å². The van der Waals surface area contributed by atoms with Gasteiger partial charge < -0.3 is 5.11 Å². The van der Waals surface area contributed by atoms with E-state index < -0.39 is 20.1 Å². The summed E-state index contributed by atoms with van der Waals surface area (Å²) in [4.78, 5) is 18.0. The molecular formula is C29H35ClIN3O3. The van der Waals surface area contributed by atoms with Crippen LogP contribution in [0.25, 0.3) is 22.0 Å². The molecule has 0 radical (unpaired) electrons. The number of anilines is 1. The monoisotopic (exact) mass is 635 g/mol. The van der Waals surface area contributed by atoms with Gasteiger partial charge in [0.15, 0.2) is 0 Å². The van der Waals surface area contributed by atoms with E-state index in [4.69, 9.17) is 16.3 Å². The first-order valence-electron chi connectivity index (χ1n) is 13.1. The Balaban J connectivity index is 1.52. The summed E-state index contributed by atoms with van der Waals surface area (Å²) in [6.07, 6.45) is 5.98. The minimum atomic E-state index is -1.07. The number of phenols is 1. The van der Waals surface area contributed by atoms with Gasteiger partial charge in [0.1, 0.15) is 0 Å².